The van der Waals surface area contributed by atoms with E-state index in [1.54, 1.807) is 0 Å². The SMILES string of the molecule is NC(=S)c1ccc(N(CCO)CC(F)(F)F)cc1Cl. The van der Waals surface area contributed by atoms with Crippen LogP contribution in [0.3, 0.4) is 0 Å². The molecule has 106 valence electrons. The van der Waals surface area contributed by atoms with Crippen LogP contribution in [0.5, 0.6) is 0 Å². The zero-order valence-corrected chi connectivity index (χ0v) is 11.3. The van der Waals surface area contributed by atoms with E-state index < -0.39 is 19.3 Å². The zero-order valence-electron chi connectivity index (χ0n) is 9.75. The number of alkyl halides is 3. The Labute approximate surface area is 118 Å². The van der Waals surface area contributed by atoms with Crippen molar-refractivity contribution in [1.29, 1.82) is 0 Å². The number of halogens is 4. The van der Waals surface area contributed by atoms with Crippen LogP contribution in [0.2, 0.25) is 5.02 Å². The molecule has 0 radical (unpaired) electrons. The number of rotatable bonds is 5. The number of aliphatic hydroxyl groups excluding tert-OH is 1. The lowest BCUT2D eigenvalue weighted by atomic mass is 10.2. The highest BCUT2D eigenvalue weighted by molar-refractivity contribution is 7.80. The van der Waals surface area contributed by atoms with Gasteiger partial charge in [-0.25, -0.2) is 0 Å². The molecule has 0 aliphatic carbocycles. The maximum Gasteiger partial charge on any atom is 0.405 e. The van der Waals surface area contributed by atoms with Crippen LogP contribution in [0.1, 0.15) is 5.56 Å². The van der Waals surface area contributed by atoms with Crippen molar-refractivity contribution in [2.75, 3.05) is 24.6 Å². The molecule has 0 saturated heterocycles. The number of aliphatic hydroxyl groups is 1. The van der Waals surface area contributed by atoms with Gasteiger partial charge in [-0.3, -0.25) is 0 Å². The lowest BCUT2D eigenvalue weighted by Gasteiger charge is -2.25. The average molecular weight is 313 g/mol. The summed E-state index contributed by atoms with van der Waals surface area (Å²) in [5.41, 5.74) is 6.06. The lowest BCUT2D eigenvalue weighted by Crippen LogP contribution is -2.36. The second kappa shape index (κ2) is 6.40. The second-order valence-corrected chi connectivity index (χ2v) is 4.64. The average Bonchev–Trinajstić information content (AvgIpc) is 2.26. The molecule has 3 nitrogen and oxygen atoms in total. The maximum absolute atomic E-state index is 12.4. The molecule has 0 saturated carbocycles. The molecule has 0 aromatic heterocycles. The molecule has 1 rings (SSSR count). The summed E-state index contributed by atoms with van der Waals surface area (Å²) >= 11 is 10.7. The minimum Gasteiger partial charge on any atom is -0.395 e. The molecule has 1 aromatic rings. The minimum atomic E-state index is -4.37. The van der Waals surface area contributed by atoms with E-state index in [9.17, 15) is 13.2 Å². The highest BCUT2D eigenvalue weighted by Crippen LogP contribution is 2.26. The standard InChI is InChI=1S/C11H12ClF3N2OS/c12-9-5-7(1-2-8(9)10(16)19)17(3-4-18)6-11(13,14)15/h1-2,5,18H,3-4,6H2,(H2,16,19). The molecule has 0 heterocycles. The van der Waals surface area contributed by atoms with Crippen molar-refractivity contribution in [3.05, 3.63) is 28.8 Å². The predicted molar refractivity (Wildman–Crippen MR) is 72.7 cm³/mol. The Morgan fingerprint density at radius 1 is 1.42 bits per heavy atom. The van der Waals surface area contributed by atoms with Crippen molar-refractivity contribution < 1.29 is 18.3 Å². The van der Waals surface area contributed by atoms with Gasteiger partial charge < -0.3 is 15.7 Å². The normalized spacial score (nSPS) is 11.4. The Morgan fingerprint density at radius 2 is 2.05 bits per heavy atom. The van der Waals surface area contributed by atoms with E-state index in [1.807, 2.05) is 0 Å². The van der Waals surface area contributed by atoms with Gasteiger partial charge in [0.2, 0.25) is 0 Å². The monoisotopic (exact) mass is 312 g/mol. The van der Waals surface area contributed by atoms with Crippen LogP contribution in [-0.4, -0.2) is 36.0 Å². The van der Waals surface area contributed by atoms with E-state index >= 15 is 0 Å². The first-order valence-corrected chi connectivity index (χ1v) is 6.05. The van der Waals surface area contributed by atoms with Crippen LogP contribution in [0.25, 0.3) is 0 Å². The maximum atomic E-state index is 12.4. The third-order valence-electron chi connectivity index (χ3n) is 2.32. The van der Waals surface area contributed by atoms with Crippen molar-refractivity contribution in [2.45, 2.75) is 6.18 Å². The topological polar surface area (TPSA) is 49.5 Å². The van der Waals surface area contributed by atoms with Gasteiger partial charge in [-0.05, 0) is 18.2 Å². The van der Waals surface area contributed by atoms with E-state index in [-0.39, 0.29) is 22.2 Å². The van der Waals surface area contributed by atoms with Crippen molar-refractivity contribution in [2.24, 2.45) is 5.73 Å². The largest absolute Gasteiger partial charge is 0.405 e. The summed E-state index contributed by atoms with van der Waals surface area (Å²) in [6.45, 7) is -1.72. The molecule has 19 heavy (non-hydrogen) atoms. The third kappa shape index (κ3) is 4.85. The molecule has 0 aliphatic rings. The first kappa shape index (κ1) is 16.0. The summed E-state index contributed by atoms with van der Waals surface area (Å²) in [5, 5.41) is 9.00. The number of benzene rings is 1. The van der Waals surface area contributed by atoms with E-state index in [4.69, 9.17) is 34.7 Å². The summed E-state index contributed by atoms with van der Waals surface area (Å²) < 4.78 is 37.3. The van der Waals surface area contributed by atoms with Crippen molar-refractivity contribution in [1.82, 2.24) is 0 Å². The van der Waals surface area contributed by atoms with Gasteiger partial charge in [0.25, 0.3) is 0 Å². The van der Waals surface area contributed by atoms with Crippen molar-refractivity contribution in [3.8, 4) is 0 Å². The molecule has 3 N–H and O–H groups in total. The lowest BCUT2D eigenvalue weighted by molar-refractivity contribution is -0.119. The Morgan fingerprint density at radius 3 is 2.47 bits per heavy atom. The second-order valence-electron chi connectivity index (χ2n) is 3.79. The van der Waals surface area contributed by atoms with Gasteiger partial charge in [0.1, 0.15) is 11.5 Å². The number of nitrogens with zero attached hydrogens (tertiary/aromatic N) is 1. The van der Waals surface area contributed by atoms with Crippen molar-refractivity contribution in [3.63, 3.8) is 0 Å². The van der Waals surface area contributed by atoms with Gasteiger partial charge in [-0.15, -0.1) is 0 Å². The van der Waals surface area contributed by atoms with Crippen LogP contribution in [-0.2, 0) is 0 Å². The van der Waals surface area contributed by atoms with Gasteiger partial charge in [0.15, 0.2) is 0 Å². The van der Waals surface area contributed by atoms with E-state index in [0.29, 0.717) is 5.56 Å². The van der Waals surface area contributed by atoms with Crippen LogP contribution < -0.4 is 10.6 Å². The van der Waals surface area contributed by atoms with Crippen LogP contribution in [0.15, 0.2) is 18.2 Å². The summed E-state index contributed by atoms with van der Waals surface area (Å²) in [6.07, 6.45) is -4.37. The Kier molecular flexibility index (Phi) is 5.39. The molecule has 8 heteroatoms. The zero-order chi connectivity index (χ0) is 14.6. The van der Waals surface area contributed by atoms with Crippen LogP contribution >= 0.6 is 23.8 Å². The summed E-state index contributed by atoms with van der Waals surface area (Å²) in [7, 11) is 0. The quantitative estimate of drug-likeness (QED) is 0.819. The molecule has 1 aromatic carbocycles. The molecule has 0 aliphatic heterocycles. The number of nitrogens with two attached hydrogens (primary N) is 1. The Bertz CT molecular complexity index is 468. The molecular formula is C11H12ClF3N2OS. The van der Waals surface area contributed by atoms with Gasteiger partial charge in [0, 0.05) is 17.8 Å². The summed E-state index contributed by atoms with van der Waals surface area (Å²) in [5.74, 6) is 0. The fourth-order valence-electron chi connectivity index (χ4n) is 1.54. The Balaban J connectivity index is 3.03. The summed E-state index contributed by atoms with van der Waals surface area (Å²) in [6, 6.07) is 4.24. The predicted octanol–water partition coefficient (Wildman–Crippen LogP) is 2.34. The molecule has 0 bridgehead atoms. The number of anilines is 1. The van der Waals surface area contributed by atoms with Crippen LogP contribution in [0, 0.1) is 0 Å². The third-order valence-corrected chi connectivity index (χ3v) is 2.86. The molecule has 0 spiro atoms. The molecule has 0 atom stereocenters. The fourth-order valence-corrected chi connectivity index (χ4v) is 2.05. The molecular weight excluding hydrogens is 301 g/mol. The first-order valence-electron chi connectivity index (χ1n) is 5.26. The number of hydrogen-bond donors (Lipinski definition) is 2. The fraction of sp³-hybridized carbons (Fsp3) is 0.364. The highest BCUT2D eigenvalue weighted by atomic mass is 35.5. The van der Waals surface area contributed by atoms with Crippen LogP contribution in [0.4, 0.5) is 18.9 Å². The highest BCUT2D eigenvalue weighted by Gasteiger charge is 2.30. The smallest absolute Gasteiger partial charge is 0.395 e. The van der Waals surface area contributed by atoms with Gasteiger partial charge in [0.05, 0.1) is 11.6 Å². The minimum absolute atomic E-state index is 0.0704. The van der Waals surface area contributed by atoms with Crippen molar-refractivity contribution >= 4 is 34.5 Å². The molecule has 0 unspecified atom stereocenters. The Hall–Kier alpha value is -1.05. The van der Waals surface area contributed by atoms with E-state index in [0.717, 1.165) is 4.90 Å². The van der Waals surface area contributed by atoms with Gasteiger partial charge in [-0.2, -0.15) is 13.2 Å². The number of thiocarbonyl (C=S) groups is 1. The van der Waals surface area contributed by atoms with Gasteiger partial charge in [-0.1, -0.05) is 23.8 Å². The molecule has 0 fully saturated rings. The summed E-state index contributed by atoms with van der Waals surface area (Å²) in [4.78, 5) is 1.05. The van der Waals surface area contributed by atoms with E-state index in [1.165, 1.54) is 18.2 Å². The van der Waals surface area contributed by atoms with E-state index in [2.05, 4.69) is 0 Å². The molecule has 0 amide bonds. The number of hydrogen-bond acceptors (Lipinski definition) is 3. The van der Waals surface area contributed by atoms with Gasteiger partial charge >= 0.3 is 6.18 Å². The first-order chi connectivity index (χ1) is 8.74.